The summed E-state index contributed by atoms with van der Waals surface area (Å²) in [5, 5.41) is 12.4. The quantitative estimate of drug-likeness (QED) is 0.645. The van der Waals surface area contributed by atoms with E-state index in [1.807, 2.05) is 18.2 Å². The molecular weight excluding hydrogens is 292 g/mol. The van der Waals surface area contributed by atoms with Gasteiger partial charge in [0.2, 0.25) is 0 Å². The van der Waals surface area contributed by atoms with Crippen molar-refractivity contribution in [2.45, 2.75) is 0 Å². The minimum atomic E-state index is -0.999. The molecule has 0 aliphatic carbocycles. The van der Waals surface area contributed by atoms with Crippen molar-refractivity contribution in [3.8, 4) is 0 Å². The molecule has 1 amide bonds. The van der Waals surface area contributed by atoms with E-state index in [1.54, 1.807) is 36.5 Å². The number of hydrogen-bond acceptors (Lipinski definition) is 2. The van der Waals surface area contributed by atoms with Crippen LogP contribution in [-0.4, -0.2) is 22.0 Å². The summed E-state index contributed by atoms with van der Waals surface area (Å²) in [6, 6.07) is 14.4. The predicted octanol–water partition coefficient (Wildman–Crippen LogP) is 3.52. The van der Waals surface area contributed by atoms with Gasteiger partial charge in [0.1, 0.15) is 0 Å². The van der Waals surface area contributed by atoms with E-state index in [4.69, 9.17) is 5.11 Å². The fourth-order valence-corrected chi connectivity index (χ4v) is 2.32. The van der Waals surface area contributed by atoms with Gasteiger partial charge in [-0.25, -0.2) is 4.79 Å². The summed E-state index contributed by atoms with van der Waals surface area (Å²) in [5.41, 5.74) is 2.76. The van der Waals surface area contributed by atoms with Gasteiger partial charge in [-0.3, -0.25) is 4.79 Å². The van der Waals surface area contributed by atoms with Gasteiger partial charge in [-0.2, -0.15) is 0 Å². The fourth-order valence-electron chi connectivity index (χ4n) is 2.32. The normalized spacial score (nSPS) is 11.0. The van der Waals surface area contributed by atoms with Crippen molar-refractivity contribution in [1.29, 1.82) is 0 Å². The number of anilines is 1. The zero-order valence-electron chi connectivity index (χ0n) is 12.1. The number of carboxylic acids is 1. The fraction of sp³-hybridized carbons (Fsp3) is 0. The van der Waals surface area contributed by atoms with Crippen molar-refractivity contribution in [2.24, 2.45) is 0 Å². The lowest BCUT2D eigenvalue weighted by Crippen LogP contribution is -2.12. The van der Waals surface area contributed by atoms with E-state index >= 15 is 0 Å². The maximum Gasteiger partial charge on any atom is 0.328 e. The first-order valence-corrected chi connectivity index (χ1v) is 7.02. The largest absolute Gasteiger partial charge is 0.478 e. The summed E-state index contributed by atoms with van der Waals surface area (Å²) in [4.78, 5) is 25.9. The van der Waals surface area contributed by atoms with Crippen molar-refractivity contribution < 1.29 is 14.7 Å². The summed E-state index contributed by atoms with van der Waals surface area (Å²) >= 11 is 0. The number of aliphatic carboxylic acids is 1. The van der Waals surface area contributed by atoms with E-state index in [9.17, 15) is 9.59 Å². The molecule has 5 nitrogen and oxygen atoms in total. The highest BCUT2D eigenvalue weighted by Crippen LogP contribution is 2.19. The van der Waals surface area contributed by atoms with Gasteiger partial charge in [0.15, 0.2) is 0 Å². The van der Waals surface area contributed by atoms with Crippen LogP contribution >= 0.6 is 0 Å². The molecule has 0 radical (unpaired) electrons. The molecule has 0 spiro atoms. The summed E-state index contributed by atoms with van der Waals surface area (Å²) < 4.78 is 0. The second-order valence-electron chi connectivity index (χ2n) is 5.00. The van der Waals surface area contributed by atoms with Crippen LogP contribution in [0.15, 0.2) is 60.8 Å². The third-order valence-corrected chi connectivity index (χ3v) is 3.42. The number of amides is 1. The van der Waals surface area contributed by atoms with Crippen LogP contribution in [0.4, 0.5) is 5.69 Å². The molecule has 3 aromatic rings. The Morgan fingerprint density at radius 1 is 1.04 bits per heavy atom. The SMILES string of the molecule is O=C(O)/C=C/c1ccc(NC(=O)c2cccc3cc[nH]c23)cc1. The van der Waals surface area contributed by atoms with Gasteiger partial charge in [0.05, 0.1) is 11.1 Å². The number of nitrogens with one attached hydrogen (secondary N) is 2. The van der Waals surface area contributed by atoms with Crippen molar-refractivity contribution in [3.63, 3.8) is 0 Å². The Balaban J connectivity index is 1.78. The van der Waals surface area contributed by atoms with Crippen molar-refractivity contribution in [2.75, 3.05) is 5.32 Å². The van der Waals surface area contributed by atoms with E-state index in [2.05, 4.69) is 10.3 Å². The van der Waals surface area contributed by atoms with Crippen LogP contribution in [0.3, 0.4) is 0 Å². The first kappa shape index (κ1) is 14.6. The van der Waals surface area contributed by atoms with E-state index in [1.165, 1.54) is 6.08 Å². The highest BCUT2D eigenvalue weighted by Gasteiger charge is 2.10. The second-order valence-corrected chi connectivity index (χ2v) is 5.00. The van der Waals surface area contributed by atoms with Gasteiger partial charge < -0.3 is 15.4 Å². The summed E-state index contributed by atoms with van der Waals surface area (Å²) in [7, 11) is 0. The van der Waals surface area contributed by atoms with Gasteiger partial charge in [0, 0.05) is 23.3 Å². The molecule has 0 saturated heterocycles. The third kappa shape index (κ3) is 3.29. The van der Waals surface area contributed by atoms with Crippen LogP contribution in [0, 0.1) is 0 Å². The molecule has 2 aromatic carbocycles. The molecule has 0 bridgehead atoms. The monoisotopic (exact) mass is 306 g/mol. The Morgan fingerprint density at radius 3 is 2.57 bits per heavy atom. The number of rotatable bonds is 4. The van der Waals surface area contributed by atoms with Gasteiger partial charge in [-0.15, -0.1) is 0 Å². The Labute approximate surface area is 132 Å². The Hall–Kier alpha value is -3.34. The molecule has 3 N–H and O–H groups in total. The van der Waals surface area contributed by atoms with E-state index in [0.717, 1.165) is 22.5 Å². The molecule has 1 heterocycles. The number of carbonyl (C=O) groups excluding carboxylic acids is 1. The van der Waals surface area contributed by atoms with Gasteiger partial charge in [0.25, 0.3) is 5.91 Å². The third-order valence-electron chi connectivity index (χ3n) is 3.42. The smallest absolute Gasteiger partial charge is 0.328 e. The molecule has 0 unspecified atom stereocenters. The molecule has 0 aliphatic heterocycles. The molecule has 114 valence electrons. The Kier molecular flexibility index (Phi) is 3.93. The summed E-state index contributed by atoms with van der Waals surface area (Å²) in [5.74, 6) is -1.20. The molecule has 3 rings (SSSR count). The van der Waals surface area contributed by atoms with Crippen molar-refractivity contribution >= 4 is 34.5 Å². The summed E-state index contributed by atoms with van der Waals surface area (Å²) in [6.07, 6.45) is 4.36. The lowest BCUT2D eigenvalue weighted by Gasteiger charge is -2.06. The van der Waals surface area contributed by atoms with Crippen LogP contribution in [0.5, 0.6) is 0 Å². The minimum Gasteiger partial charge on any atom is -0.478 e. The first-order valence-electron chi connectivity index (χ1n) is 7.02. The molecule has 0 fully saturated rings. The number of carboxylic acid groups (broad SMARTS) is 1. The van der Waals surface area contributed by atoms with Crippen molar-refractivity contribution in [3.05, 3.63) is 71.9 Å². The van der Waals surface area contributed by atoms with E-state index in [-0.39, 0.29) is 5.91 Å². The van der Waals surface area contributed by atoms with Crippen LogP contribution in [-0.2, 0) is 4.79 Å². The van der Waals surface area contributed by atoms with Crippen molar-refractivity contribution in [1.82, 2.24) is 4.98 Å². The number of benzene rings is 2. The predicted molar refractivity (Wildman–Crippen MR) is 89.4 cm³/mol. The maximum atomic E-state index is 12.4. The lowest BCUT2D eigenvalue weighted by atomic mass is 10.1. The maximum absolute atomic E-state index is 12.4. The number of aromatic nitrogens is 1. The molecule has 23 heavy (non-hydrogen) atoms. The van der Waals surface area contributed by atoms with Crippen LogP contribution in [0.25, 0.3) is 17.0 Å². The zero-order chi connectivity index (χ0) is 16.2. The molecule has 1 aromatic heterocycles. The topological polar surface area (TPSA) is 82.2 Å². The molecule has 0 atom stereocenters. The van der Waals surface area contributed by atoms with E-state index in [0.29, 0.717) is 11.3 Å². The minimum absolute atomic E-state index is 0.202. The Morgan fingerprint density at radius 2 is 1.83 bits per heavy atom. The molecular formula is C18H14N2O3. The van der Waals surface area contributed by atoms with Gasteiger partial charge in [-0.1, -0.05) is 24.3 Å². The van der Waals surface area contributed by atoms with Crippen LogP contribution < -0.4 is 5.32 Å². The number of para-hydroxylation sites is 1. The first-order chi connectivity index (χ1) is 11.1. The number of hydrogen-bond donors (Lipinski definition) is 3. The summed E-state index contributed by atoms with van der Waals surface area (Å²) in [6.45, 7) is 0. The van der Waals surface area contributed by atoms with E-state index < -0.39 is 5.97 Å². The highest BCUT2D eigenvalue weighted by molar-refractivity contribution is 6.12. The molecule has 0 saturated carbocycles. The average molecular weight is 306 g/mol. The average Bonchev–Trinajstić information content (AvgIpc) is 3.02. The second kappa shape index (κ2) is 6.19. The number of H-pyrrole nitrogens is 1. The van der Waals surface area contributed by atoms with Gasteiger partial charge >= 0.3 is 5.97 Å². The van der Waals surface area contributed by atoms with Gasteiger partial charge in [-0.05, 0) is 35.9 Å². The highest BCUT2D eigenvalue weighted by atomic mass is 16.4. The lowest BCUT2D eigenvalue weighted by molar-refractivity contribution is -0.131. The zero-order valence-corrected chi connectivity index (χ0v) is 12.1. The molecule has 0 aliphatic rings. The Bertz CT molecular complexity index is 892. The standard InChI is InChI=1S/C18H14N2O3/c21-16(22)9-6-12-4-7-14(8-5-12)20-18(23)15-3-1-2-13-10-11-19-17(13)15/h1-11,19H,(H,20,23)(H,21,22)/b9-6+. The number of aromatic amines is 1. The van der Waals surface area contributed by atoms with Crippen LogP contribution in [0.1, 0.15) is 15.9 Å². The number of fused-ring (bicyclic) bond motifs is 1. The number of carbonyl (C=O) groups is 2. The van der Waals surface area contributed by atoms with Crippen LogP contribution in [0.2, 0.25) is 0 Å². The molecule has 5 heteroatoms.